The molecule has 1 fully saturated rings. The zero-order valence-electron chi connectivity index (χ0n) is 15.3. The molecule has 0 amide bonds. The van der Waals surface area contributed by atoms with Gasteiger partial charge in [0.1, 0.15) is 5.69 Å². The molecule has 1 aromatic carbocycles. The minimum absolute atomic E-state index is 0.137. The van der Waals surface area contributed by atoms with Gasteiger partial charge < -0.3 is 10.6 Å². The standard InChI is InChI=1S/C19H20F2N4O2S/c1-10-5-7-25(10)18-23-16(13-4-6-19(20,21)17(13)24-18)11-2-3-12-14(22)9-28(26,27)15(12)8-11/h2-3,8,10,14H,4-7,9,22H2,1H3/t10-,14?/m0/s1. The third kappa shape index (κ3) is 2.49. The molecule has 3 heterocycles. The largest absolute Gasteiger partial charge is 0.338 e. The summed E-state index contributed by atoms with van der Waals surface area (Å²) in [4.78, 5) is 10.9. The average molecular weight is 406 g/mol. The van der Waals surface area contributed by atoms with Crippen LogP contribution in [0.4, 0.5) is 14.7 Å². The van der Waals surface area contributed by atoms with Gasteiger partial charge in [-0.05, 0) is 31.4 Å². The summed E-state index contributed by atoms with van der Waals surface area (Å²) in [6.45, 7) is 2.72. The minimum atomic E-state index is -3.48. The lowest BCUT2D eigenvalue weighted by atomic mass is 10.0. The van der Waals surface area contributed by atoms with Crippen LogP contribution in [0.1, 0.15) is 42.6 Å². The van der Waals surface area contributed by atoms with E-state index in [4.69, 9.17) is 5.73 Å². The van der Waals surface area contributed by atoms with E-state index >= 15 is 0 Å². The monoisotopic (exact) mass is 406 g/mol. The lowest BCUT2D eigenvalue weighted by molar-refractivity contribution is -0.00595. The number of aromatic nitrogens is 2. The smallest absolute Gasteiger partial charge is 0.290 e. The molecule has 0 saturated carbocycles. The molecule has 0 radical (unpaired) electrons. The van der Waals surface area contributed by atoms with E-state index < -0.39 is 21.8 Å². The van der Waals surface area contributed by atoms with Crippen LogP contribution in [0.25, 0.3) is 11.3 Å². The number of alkyl halides is 2. The Labute approximate surface area is 161 Å². The average Bonchev–Trinajstić information content (AvgIpc) is 3.06. The Bertz CT molecular complexity index is 1100. The molecule has 6 nitrogen and oxygen atoms in total. The quantitative estimate of drug-likeness (QED) is 0.825. The molecule has 2 aliphatic heterocycles. The lowest BCUT2D eigenvalue weighted by Crippen LogP contribution is -2.47. The van der Waals surface area contributed by atoms with Gasteiger partial charge in [-0.3, -0.25) is 0 Å². The number of fused-ring (bicyclic) bond motifs is 2. The molecule has 5 rings (SSSR count). The van der Waals surface area contributed by atoms with Crippen molar-refractivity contribution in [1.29, 1.82) is 0 Å². The second-order valence-electron chi connectivity index (χ2n) is 7.88. The Morgan fingerprint density at radius 2 is 2.07 bits per heavy atom. The number of sulfone groups is 1. The molecule has 1 aliphatic carbocycles. The number of benzene rings is 1. The third-order valence-corrected chi connectivity index (χ3v) is 7.85. The Balaban J connectivity index is 1.71. The number of halogens is 2. The van der Waals surface area contributed by atoms with Crippen molar-refractivity contribution in [3.63, 3.8) is 0 Å². The summed E-state index contributed by atoms with van der Waals surface area (Å²) >= 11 is 0. The normalized spacial score (nSPS) is 26.6. The summed E-state index contributed by atoms with van der Waals surface area (Å²) in [5, 5.41) is 0. The van der Waals surface area contributed by atoms with Crippen LogP contribution < -0.4 is 10.6 Å². The highest BCUT2D eigenvalue weighted by molar-refractivity contribution is 7.91. The summed E-state index contributed by atoms with van der Waals surface area (Å²) in [7, 11) is -3.48. The number of hydrogen-bond donors (Lipinski definition) is 1. The van der Waals surface area contributed by atoms with E-state index in [9.17, 15) is 17.2 Å². The van der Waals surface area contributed by atoms with Crippen molar-refractivity contribution in [2.75, 3.05) is 17.2 Å². The molecule has 2 N–H and O–H groups in total. The molecule has 1 saturated heterocycles. The Morgan fingerprint density at radius 3 is 2.75 bits per heavy atom. The zero-order valence-corrected chi connectivity index (χ0v) is 16.1. The van der Waals surface area contributed by atoms with Crippen LogP contribution in [0.5, 0.6) is 0 Å². The number of nitrogens with two attached hydrogens (primary N) is 1. The predicted octanol–water partition coefficient (Wildman–Crippen LogP) is 2.57. The Morgan fingerprint density at radius 1 is 1.29 bits per heavy atom. The number of nitrogens with zero attached hydrogens (tertiary/aromatic N) is 3. The van der Waals surface area contributed by atoms with Crippen LogP contribution in [0.15, 0.2) is 23.1 Å². The predicted molar refractivity (Wildman–Crippen MR) is 100 cm³/mol. The number of anilines is 1. The fourth-order valence-electron chi connectivity index (χ4n) is 4.27. The van der Waals surface area contributed by atoms with Gasteiger partial charge in [0.15, 0.2) is 9.84 Å². The molecule has 28 heavy (non-hydrogen) atoms. The summed E-state index contributed by atoms with van der Waals surface area (Å²) in [5.41, 5.74) is 7.58. The van der Waals surface area contributed by atoms with Crippen molar-refractivity contribution < 1.29 is 17.2 Å². The lowest BCUT2D eigenvalue weighted by Gasteiger charge is -2.39. The molecule has 1 aromatic heterocycles. The maximum atomic E-state index is 14.5. The number of rotatable bonds is 2. The first-order chi connectivity index (χ1) is 13.2. The second kappa shape index (κ2) is 5.70. The van der Waals surface area contributed by atoms with Gasteiger partial charge in [0, 0.05) is 36.2 Å². The van der Waals surface area contributed by atoms with Crippen molar-refractivity contribution >= 4 is 15.8 Å². The van der Waals surface area contributed by atoms with Gasteiger partial charge in [-0.15, -0.1) is 0 Å². The SMILES string of the molecule is C[C@H]1CCN1c1nc(-c2ccc3c(c2)S(=O)(=O)CC3N)c2c(n1)C(F)(F)CC2. The molecule has 0 spiro atoms. The zero-order chi connectivity index (χ0) is 19.8. The molecule has 1 unspecified atom stereocenters. The Kier molecular flexibility index (Phi) is 3.65. The van der Waals surface area contributed by atoms with Gasteiger partial charge in [0.25, 0.3) is 5.92 Å². The third-order valence-electron chi connectivity index (χ3n) is 6.03. The summed E-state index contributed by atoms with van der Waals surface area (Å²) < 4.78 is 53.8. The van der Waals surface area contributed by atoms with E-state index in [0.29, 0.717) is 22.4 Å². The van der Waals surface area contributed by atoms with Crippen molar-refractivity contribution in [2.45, 2.75) is 49.1 Å². The van der Waals surface area contributed by atoms with E-state index in [-0.39, 0.29) is 41.2 Å². The first-order valence-corrected chi connectivity index (χ1v) is 11.0. The summed E-state index contributed by atoms with van der Waals surface area (Å²) in [6.07, 6.45) is 0.815. The van der Waals surface area contributed by atoms with Crippen LogP contribution in [-0.2, 0) is 22.2 Å². The second-order valence-corrected chi connectivity index (χ2v) is 9.88. The summed E-state index contributed by atoms with van der Waals surface area (Å²) in [6, 6.07) is 4.56. The van der Waals surface area contributed by atoms with Crippen molar-refractivity contribution in [3.05, 3.63) is 35.0 Å². The fourth-order valence-corrected chi connectivity index (χ4v) is 5.98. The molecule has 2 aromatic rings. The number of hydrogen-bond acceptors (Lipinski definition) is 6. The van der Waals surface area contributed by atoms with Crippen LogP contribution in [0.2, 0.25) is 0 Å². The van der Waals surface area contributed by atoms with Crippen molar-refractivity contribution in [3.8, 4) is 11.3 Å². The molecule has 2 atom stereocenters. The van der Waals surface area contributed by atoms with Gasteiger partial charge >= 0.3 is 0 Å². The van der Waals surface area contributed by atoms with E-state index in [1.54, 1.807) is 12.1 Å². The van der Waals surface area contributed by atoms with Gasteiger partial charge in [-0.1, -0.05) is 12.1 Å². The highest BCUT2D eigenvalue weighted by atomic mass is 32.2. The van der Waals surface area contributed by atoms with Gasteiger partial charge in [0.05, 0.1) is 16.3 Å². The highest BCUT2D eigenvalue weighted by Crippen LogP contribution is 2.45. The van der Waals surface area contributed by atoms with Crippen LogP contribution in [-0.4, -0.2) is 36.7 Å². The Hall–Kier alpha value is -2.13. The van der Waals surface area contributed by atoms with Crippen LogP contribution in [0, 0.1) is 0 Å². The van der Waals surface area contributed by atoms with Crippen molar-refractivity contribution in [1.82, 2.24) is 9.97 Å². The van der Waals surface area contributed by atoms with Crippen LogP contribution in [0.3, 0.4) is 0 Å². The van der Waals surface area contributed by atoms with Crippen LogP contribution >= 0.6 is 0 Å². The van der Waals surface area contributed by atoms with E-state index in [1.807, 2.05) is 11.8 Å². The molecular formula is C19H20F2N4O2S. The molecule has 9 heteroatoms. The highest BCUT2D eigenvalue weighted by Gasteiger charge is 2.44. The minimum Gasteiger partial charge on any atom is -0.338 e. The maximum Gasteiger partial charge on any atom is 0.290 e. The fraction of sp³-hybridized carbons (Fsp3) is 0.474. The topological polar surface area (TPSA) is 89.2 Å². The van der Waals surface area contributed by atoms with Gasteiger partial charge in [0.2, 0.25) is 5.95 Å². The maximum absolute atomic E-state index is 14.5. The first kappa shape index (κ1) is 17.9. The van der Waals surface area contributed by atoms with E-state index in [0.717, 1.165) is 13.0 Å². The van der Waals surface area contributed by atoms with Crippen molar-refractivity contribution in [2.24, 2.45) is 5.73 Å². The van der Waals surface area contributed by atoms with E-state index in [2.05, 4.69) is 9.97 Å². The molecule has 0 bridgehead atoms. The first-order valence-electron chi connectivity index (χ1n) is 9.36. The van der Waals surface area contributed by atoms with Gasteiger partial charge in [-0.2, -0.15) is 8.78 Å². The molecule has 3 aliphatic rings. The molecular weight excluding hydrogens is 386 g/mol. The molecule has 148 valence electrons. The van der Waals surface area contributed by atoms with Gasteiger partial charge in [-0.25, -0.2) is 18.4 Å². The summed E-state index contributed by atoms with van der Waals surface area (Å²) in [5.74, 6) is -2.85. The van der Waals surface area contributed by atoms with E-state index in [1.165, 1.54) is 6.07 Å².